The van der Waals surface area contributed by atoms with E-state index in [0.717, 1.165) is 5.56 Å². The number of benzene rings is 1. The molecule has 0 bridgehead atoms. The molecule has 72 valence electrons. The summed E-state index contributed by atoms with van der Waals surface area (Å²) in [6.07, 6.45) is 0. The lowest BCUT2D eigenvalue weighted by molar-refractivity contribution is 0.443. The van der Waals surface area contributed by atoms with Crippen molar-refractivity contribution in [2.45, 2.75) is 26.7 Å². The molecule has 0 saturated carbocycles. The van der Waals surface area contributed by atoms with Gasteiger partial charge in [-0.3, -0.25) is 0 Å². The lowest BCUT2D eigenvalue weighted by Gasteiger charge is -2.13. The monoisotopic (exact) mass is 181 g/mol. The average Bonchev–Trinajstić information content (AvgIpc) is 2.07. The molecule has 3 heteroatoms. The third-order valence-corrected chi connectivity index (χ3v) is 2.22. The molecule has 13 heavy (non-hydrogen) atoms. The first-order valence-electron chi connectivity index (χ1n) is 4.26. The molecule has 0 atom stereocenters. The molecule has 3 nitrogen and oxygen atoms in total. The highest BCUT2D eigenvalue weighted by atomic mass is 16.3. The molecule has 0 amide bonds. The maximum atomic E-state index is 9.53. The molecule has 1 aromatic rings. The van der Waals surface area contributed by atoms with Crippen LogP contribution in [0.15, 0.2) is 6.07 Å². The molecule has 0 aromatic heterocycles. The fourth-order valence-corrected chi connectivity index (χ4v) is 1.27. The molecule has 0 radical (unpaired) electrons. The first-order chi connectivity index (χ1) is 5.95. The maximum absolute atomic E-state index is 9.53. The molecular weight excluding hydrogens is 166 g/mol. The number of phenolic OH excluding ortho intramolecular Hbond substituents is 2. The van der Waals surface area contributed by atoms with Crippen molar-refractivity contribution >= 4 is 5.69 Å². The Bertz CT molecular complexity index is 332. The van der Waals surface area contributed by atoms with Crippen LogP contribution < -0.4 is 5.73 Å². The molecule has 0 spiro atoms. The number of nitrogen functional groups attached to an aromatic ring is 1. The summed E-state index contributed by atoms with van der Waals surface area (Å²) in [5, 5.41) is 19.0. The van der Waals surface area contributed by atoms with Crippen molar-refractivity contribution in [3.8, 4) is 11.5 Å². The van der Waals surface area contributed by atoms with E-state index in [1.54, 1.807) is 13.0 Å². The van der Waals surface area contributed by atoms with E-state index in [0.29, 0.717) is 11.3 Å². The zero-order valence-electron chi connectivity index (χ0n) is 8.13. The second-order valence-corrected chi connectivity index (χ2v) is 3.53. The first-order valence-corrected chi connectivity index (χ1v) is 4.26. The summed E-state index contributed by atoms with van der Waals surface area (Å²) < 4.78 is 0. The fourth-order valence-electron chi connectivity index (χ4n) is 1.27. The predicted molar refractivity (Wildman–Crippen MR) is 53.0 cm³/mol. The Morgan fingerprint density at radius 2 is 1.85 bits per heavy atom. The van der Waals surface area contributed by atoms with E-state index in [1.807, 2.05) is 13.8 Å². The number of rotatable bonds is 1. The highest BCUT2D eigenvalue weighted by molar-refractivity contribution is 5.65. The van der Waals surface area contributed by atoms with Gasteiger partial charge in [-0.2, -0.15) is 0 Å². The first kappa shape index (κ1) is 9.71. The van der Waals surface area contributed by atoms with Gasteiger partial charge in [0.05, 0.1) is 5.69 Å². The lowest BCUT2D eigenvalue weighted by Crippen LogP contribution is -1.98. The highest BCUT2D eigenvalue weighted by Gasteiger charge is 2.13. The molecule has 0 heterocycles. The van der Waals surface area contributed by atoms with Gasteiger partial charge in [-0.1, -0.05) is 13.8 Å². The third-order valence-electron chi connectivity index (χ3n) is 2.22. The van der Waals surface area contributed by atoms with Crippen molar-refractivity contribution in [3.63, 3.8) is 0 Å². The zero-order chi connectivity index (χ0) is 10.2. The fraction of sp³-hybridized carbons (Fsp3) is 0.400. The maximum Gasteiger partial charge on any atom is 0.145 e. The molecule has 0 aliphatic heterocycles. The zero-order valence-corrected chi connectivity index (χ0v) is 8.13. The molecule has 0 saturated heterocycles. The van der Waals surface area contributed by atoms with Gasteiger partial charge < -0.3 is 15.9 Å². The summed E-state index contributed by atoms with van der Waals surface area (Å²) >= 11 is 0. The second kappa shape index (κ2) is 3.17. The predicted octanol–water partition coefficient (Wildman–Crippen LogP) is 2.11. The van der Waals surface area contributed by atoms with Crippen molar-refractivity contribution in [1.82, 2.24) is 0 Å². The van der Waals surface area contributed by atoms with Gasteiger partial charge >= 0.3 is 0 Å². The van der Waals surface area contributed by atoms with Crippen molar-refractivity contribution in [1.29, 1.82) is 0 Å². The van der Waals surface area contributed by atoms with Gasteiger partial charge in [-0.15, -0.1) is 0 Å². The Morgan fingerprint density at radius 1 is 1.31 bits per heavy atom. The Labute approximate surface area is 77.8 Å². The van der Waals surface area contributed by atoms with Crippen LogP contribution in [0.1, 0.15) is 30.9 Å². The Balaban J connectivity index is 3.41. The van der Waals surface area contributed by atoms with Crippen LogP contribution in [-0.4, -0.2) is 10.2 Å². The van der Waals surface area contributed by atoms with E-state index >= 15 is 0 Å². The van der Waals surface area contributed by atoms with Gasteiger partial charge in [0.15, 0.2) is 0 Å². The van der Waals surface area contributed by atoms with Crippen LogP contribution in [0.2, 0.25) is 0 Å². The van der Waals surface area contributed by atoms with Crippen LogP contribution >= 0.6 is 0 Å². The third kappa shape index (κ3) is 1.54. The normalized spacial score (nSPS) is 10.8. The van der Waals surface area contributed by atoms with Crippen LogP contribution in [0.4, 0.5) is 5.69 Å². The summed E-state index contributed by atoms with van der Waals surface area (Å²) in [5.74, 6) is 0.275. The molecular formula is C10H15NO2. The minimum absolute atomic E-state index is 0.0105. The van der Waals surface area contributed by atoms with E-state index in [2.05, 4.69) is 0 Å². The molecule has 0 aliphatic rings. The summed E-state index contributed by atoms with van der Waals surface area (Å²) in [7, 11) is 0. The van der Waals surface area contributed by atoms with E-state index < -0.39 is 0 Å². The highest BCUT2D eigenvalue weighted by Crippen LogP contribution is 2.37. The summed E-state index contributed by atoms with van der Waals surface area (Å²) in [5.41, 5.74) is 7.27. The van der Waals surface area contributed by atoms with Gasteiger partial charge in [-0.05, 0) is 24.5 Å². The largest absolute Gasteiger partial charge is 0.508 e. The standard InChI is InChI=1S/C10H15NO2/c1-5(2)7-4-8(12)6(3)10(13)9(7)11/h4-5,12-13H,11H2,1-3H3. The number of phenols is 2. The number of nitrogens with two attached hydrogens (primary N) is 1. The minimum Gasteiger partial charge on any atom is -0.508 e. The molecule has 4 N–H and O–H groups in total. The molecule has 0 unspecified atom stereocenters. The van der Waals surface area contributed by atoms with E-state index in [-0.39, 0.29) is 17.4 Å². The van der Waals surface area contributed by atoms with Crippen molar-refractivity contribution in [3.05, 3.63) is 17.2 Å². The summed E-state index contributed by atoms with van der Waals surface area (Å²) in [4.78, 5) is 0. The Kier molecular flexibility index (Phi) is 2.36. The molecule has 1 aromatic carbocycles. The van der Waals surface area contributed by atoms with Crippen LogP contribution in [0.3, 0.4) is 0 Å². The van der Waals surface area contributed by atoms with E-state index in [9.17, 15) is 10.2 Å². The van der Waals surface area contributed by atoms with Crippen LogP contribution in [0.25, 0.3) is 0 Å². The number of hydrogen-bond donors (Lipinski definition) is 3. The Hall–Kier alpha value is -1.38. The molecule has 0 aliphatic carbocycles. The topological polar surface area (TPSA) is 66.5 Å². The Morgan fingerprint density at radius 3 is 2.31 bits per heavy atom. The SMILES string of the molecule is Cc1c(O)cc(C(C)C)c(N)c1O. The van der Waals surface area contributed by atoms with Gasteiger partial charge in [0.25, 0.3) is 0 Å². The van der Waals surface area contributed by atoms with Gasteiger partial charge in [-0.25, -0.2) is 0 Å². The summed E-state index contributed by atoms with van der Waals surface area (Å²) in [6.45, 7) is 5.55. The lowest BCUT2D eigenvalue weighted by atomic mass is 9.98. The average molecular weight is 181 g/mol. The van der Waals surface area contributed by atoms with Gasteiger partial charge in [0.1, 0.15) is 11.5 Å². The van der Waals surface area contributed by atoms with Crippen molar-refractivity contribution in [2.24, 2.45) is 0 Å². The number of hydrogen-bond acceptors (Lipinski definition) is 3. The summed E-state index contributed by atoms with van der Waals surface area (Å²) in [6, 6.07) is 1.61. The van der Waals surface area contributed by atoms with Crippen molar-refractivity contribution in [2.75, 3.05) is 5.73 Å². The molecule has 0 fully saturated rings. The minimum atomic E-state index is -0.0105. The second-order valence-electron chi connectivity index (χ2n) is 3.53. The van der Waals surface area contributed by atoms with Gasteiger partial charge in [0, 0.05) is 5.56 Å². The van der Waals surface area contributed by atoms with E-state index in [4.69, 9.17) is 5.73 Å². The van der Waals surface area contributed by atoms with Crippen LogP contribution in [0, 0.1) is 6.92 Å². The van der Waals surface area contributed by atoms with E-state index in [1.165, 1.54) is 0 Å². The molecule has 1 rings (SSSR count). The number of aromatic hydroxyl groups is 2. The quantitative estimate of drug-likeness (QED) is 0.353. The smallest absolute Gasteiger partial charge is 0.145 e. The van der Waals surface area contributed by atoms with Crippen LogP contribution in [-0.2, 0) is 0 Å². The van der Waals surface area contributed by atoms with Gasteiger partial charge in [0.2, 0.25) is 0 Å². The van der Waals surface area contributed by atoms with Crippen LogP contribution in [0.5, 0.6) is 11.5 Å². The number of anilines is 1. The van der Waals surface area contributed by atoms with Crippen molar-refractivity contribution < 1.29 is 10.2 Å².